The molecule has 1 unspecified atom stereocenters. The van der Waals surface area contributed by atoms with Gasteiger partial charge in [0, 0.05) is 28.9 Å². The van der Waals surface area contributed by atoms with Crippen LogP contribution in [0.5, 0.6) is 0 Å². The molecule has 0 N–H and O–H groups in total. The highest BCUT2D eigenvalue weighted by Gasteiger charge is 2.22. The molecule has 4 rings (SSSR count). The van der Waals surface area contributed by atoms with Crippen LogP contribution in [0.1, 0.15) is 35.0 Å². The van der Waals surface area contributed by atoms with E-state index >= 15 is 0 Å². The topological polar surface area (TPSA) is 91.0 Å². The summed E-state index contributed by atoms with van der Waals surface area (Å²) >= 11 is 1.39. The number of thiazole rings is 1. The molecule has 4 aromatic rings. The van der Waals surface area contributed by atoms with E-state index in [-0.39, 0.29) is 11.6 Å². The Morgan fingerprint density at radius 2 is 1.96 bits per heavy atom. The van der Waals surface area contributed by atoms with E-state index in [0.717, 1.165) is 16.1 Å². The fourth-order valence-electron chi connectivity index (χ4n) is 2.48. The second kappa shape index (κ2) is 7.69. The van der Waals surface area contributed by atoms with Crippen molar-refractivity contribution in [3.63, 3.8) is 0 Å². The van der Waals surface area contributed by atoms with E-state index in [0.29, 0.717) is 5.82 Å². The molecule has 1 atom stereocenters. The average molecular weight is 392 g/mol. The van der Waals surface area contributed by atoms with Crippen LogP contribution in [0.2, 0.25) is 0 Å². The van der Waals surface area contributed by atoms with Crippen LogP contribution in [0.25, 0.3) is 22.0 Å². The minimum atomic E-state index is -0.699. The Morgan fingerprint density at radius 3 is 2.71 bits per heavy atom. The lowest BCUT2D eigenvalue weighted by atomic mass is 10.2. The summed E-state index contributed by atoms with van der Waals surface area (Å²) in [5.74, 6) is 0.0609. The van der Waals surface area contributed by atoms with Crippen LogP contribution in [-0.4, -0.2) is 26.1 Å². The molecule has 0 radical (unpaired) electrons. The van der Waals surface area contributed by atoms with Gasteiger partial charge in [-0.15, -0.1) is 11.3 Å². The largest absolute Gasteiger partial charge is 0.448 e. The van der Waals surface area contributed by atoms with Crippen LogP contribution in [0, 0.1) is 6.92 Å². The van der Waals surface area contributed by atoms with Gasteiger partial charge in [-0.2, -0.15) is 4.98 Å². The SMILES string of the molecule is Cc1ccc(-c2nc(C(=O)OC(C)c3nc(-c4cccnc4)no3)cs2)cc1. The minimum Gasteiger partial charge on any atom is -0.448 e. The van der Waals surface area contributed by atoms with Crippen LogP contribution < -0.4 is 0 Å². The van der Waals surface area contributed by atoms with Crippen molar-refractivity contribution in [2.24, 2.45) is 0 Å². The highest BCUT2D eigenvalue weighted by Crippen LogP contribution is 2.26. The Hall–Kier alpha value is -3.39. The standard InChI is InChI=1S/C20H16N4O3S/c1-12-5-7-14(8-6-12)19-22-16(11-28-19)20(25)26-13(2)18-23-17(24-27-18)15-4-3-9-21-10-15/h3-11,13H,1-2H3. The molecule has 0 amide bonds. The van der Waals surface area contributed by atoms with Gasteiger partial charge < -0.3 is 9.26 Å². The smallest absolute Gasteiger partial charge is 0.358 e. The van der Waals surface area contributed by atoms with Gasteiger partial charge in [-0.3, -0.25) is 4.98 Å². The number of ether oxygens (including phenoxy) is 1. The predicted molar refractivity (Wildman–Crippen MR) is 104 cm³/mol. The highest BCUT2D eigenvalue weighted by atomic mass is 32.1. The summed E-state index contributed by atoms with van der Waals surface area (Å²) in [5, 5.41) is 6.35. The fourth-order valence-corrected chi connectivity index (χ4v) is 3.28. The number of aromatic nitrogens is 4. The maximum absolute atomic E-state index is 12.4. The van der Waals surface area contributed by atoms with Crippen LogP contribution in [0.15, 0.2) is 58.7 Å². The number of benzene rings is 1. The normalized spacial score (nSPS) is 11.9. The summed E-state index contributed by atoms with van der Waals surface area (Å²) < 4.78 is 10.7. The van der Waals surface area contributed by atoms with Crippen molar-refractivity contribution in [3.05, 3.63) is 71.3 Å². The third kappa shape index (κ3) is 3.81. The molecule has 1 aromatic carbocycles. The van der Waals surface area contributed by atoms with Gasteiger partial charge in [0.1, 0.15) is 5.01 Å². The monoisotopic (exact) mass is 392 g/mol. The van der Waals surface area contributed by atoms with Crippen molar-refractivity contribution in [1.29, 1.82) is 0 Å². The molecule has 0 spiro atoms. The van der Waals surface area contributed by atoms with Gasteiger partial charge in [-0.1, -0.05) is 35.0 Å². The molecule has 0 bridgehead atoms. The van der Waals surface area contributed by atoms with Crippen LogP contribution >= 0.6 is 11.3 Å². The molecule has 3 aromatic heterocycles. The number of hydrogen-bond acceptors (Lipinski definition) is 8. The Balaban J connectivity index is 1.45. The molecule has 7 nitrogen and oxygen atoms in total. The van der Waals surface area contributed by atoms with E-state index in [1.165, 1.54) is 16.9 Å². The number of nitrogens with zero attached hydrogens (tertiary/aromatic N) is 4. The quantitative estimate of drug-likeness (QED) is 0.462. The van der Waals surface area contributed by atoms with Crippen molar-refractivity contribution in [1.82, 2.24) is 20.1 Å². The van der Waals surface area contributed by atoms with E-state index in [2.05, 4.69) is 20.1 Å². The molecule has 3 heterocycles. The number of hydrogen-bond donors (Lipinski definition) is 0. The molecular formula is C20H16N4O3S. The van der Waals surface area contributed by atoms with E-state index in [1.807, 2.05) is 37.3 Å². The molecule has 0 aliphatic rings. The van der Waals surface area contributed by atoms with Gasteiger partial charge in [-0.25, -0.2) is 9.78 Å². The molecular weight excluding hydrogens is 376 g/mol. The molecule has 0 saturated carbocycles. The summed E-state index contributed by atoms with van der Waals surface area (Å²) in [4.78, 5) is 25.1. The number of aryl methyl sites for hydroxylation is 1. The average Bonchev–Trinajstić information content (AvgIpc) is 3.39. The van der Waals surface area contributed by atoms with E-state index < -0.39 is 12.1 Å². The zero-order valence-electron chi connectivity index (χ0n) is 15.2. The lowest BCUT2D eigenvalue weighted by Gasteiger charge is -2.07. The molecule has 0 aliphatic heterocycles. The van der Waals surface area contributed by atoms with E-state index in [1.54, 1.807) is 30.8 Å². The van der Waals surface area contributed by atoms with E-state index in [4.69, 9.17) is 9.26 Å². The lowest BCUT2D eigenvalue weighted by molar-refractivity contribution is 0.0259. The highest BCUT2D eigenvalue weighted by molar-refractivity contribution is 7.13. The van der Waals surface area contributed by atoms with E-state index in [9.17, 15) is 4.79 Å². The first-order valence-corrected chi connectivity index (χ1v) is 9.45. The number of carbonyl (C=O) groups is 1. The van der Waals surface area contributed by atoms with Gasteiger partial charge in [0.25, 0.3) is 5.89 Å². The maximum atomic E-state index is 12.4. The zero-order chi connectivity index (χ0) is 19.5. The van der Waals surface area contributed by atoms with Crippen molar-refractivity contribution in [3.8, 4) is 22.0 Å². The lowest BCUT2D eigenvalue weighted by Crippen LogP contribution is -2.10. The Morgan fingerprint density at radius 1 is 1.14 bits per heavy atom. The van der Waals surface area contributed by atoms with Crippen molar-refractivity contribution >= 4 is 17.3 Å². The Bertz CT molecular complexity index is 1090. The predicted octanol–water partition coefficient (Wildman–Crippen LogP) is 4.48. The van der Waals surface area contributed by atoms with Gasteiger partial charge in [-0.05, 0) is 26.0 Å². The second-order valence-corrected chi connectivity index (χ2v) is 7.01. The van der Waals surface area contributed by atoms with Crippen LogP contribution in [0.4, 0.5) is 0 Å². The van der Waals surface area contributed by atoms with Crippen LogP contribution in [-0.2, 0) is 4.74 Å². The van der Waals surface area contributed by atoms with Gasteiger partial charge >= 0.3 is 5.97 Å². The number of rotatable bonds is 5. The van der Waals surface area contributed by atoms with Crippen molar-refractivity contribution in [2.45, 2.75) is 20.0 Å². The molecule has 0 aliphatic carbocycles. The molecule has 0 saturated heterocycles. The molecule has 0 fully saturated rings. The fraction of sp³-hybridized carbons (Fsp3) is 0.150. The minimum absolute atomic E-state index is 0.209. The number of esters is 1. The first-order chi connectivity index (χ1) is 13.6. The van der Waals surface area contributed by atoms with Gasteiger partial charge in [0.15, 0.2) is 11.8 Å². The number of pyridine rings is 1. The third-order valence-electron chi connectivity index (χ3n) is 4.00. The van der Waals surface area contributed by atoms with Gasteiger partial charge in [0.05, 0.1) is 0 Å². The van der Waals surface area contributed by atoms with Crippen LogP contribution in [0.3, 0.4) is 0 Å². The number of carbonyl (C=O) groups excluding carboxylic acids is 1. The first kappa shape index (κ1) is 18.0. The Labute approximate surface area is 165 Å². The summed E-state index contributed by atoms with van der Waals surface area (Å²) in [7, 11) is 0. The summed E-state index contributed by atoms with van der Waals surface area (Å²) in [5.41, 5.74) is 3.09. The maximum Gasteiger partial charge on any atom is 0.358 e. The van der Waals surface area contributed by atoms with Gasteiger partial charge in [0.2, 0.25) is 5.82 Å². The Kier molecular flexibility index (Phi) is 4.94. The van der Waals surface area contributed by atoms with Crippen molar-refractivity contribution in [2.75, 3.05) is 0 Å². The van der Waals surface area contributed by atoms with Crippen molar-refractivity contribution < 1.29 is 14.1 Å². The zero-order valence-corrected chi connectivity index (χ0v) is 16.0. The third-order valence-corrected chi connectivity index (χ3v) is 4.90. The molecule has 8 heteroatoms. The summed E-state index contributed by atoms with van der Waals surface area (Å²) in [6.07, 6.45) is 2.59. The second-order valence-electron chi connectivity index (χ2n) is 6.15. The molecule has 28 heavy (non-hydrogen) atoms. The first-order valence-electron chi connectivity index (χ1n) is 8.57. The molecule has 140 valence electrons. The summed E-state index contributed by atoms with van der Waals surface area (Å²) in [6.45, 7) is 3.69. The summed E-state index contributed by atoms with van der Waals surface area (Å²) in [6, 6.07) is 11.6.